The molecular weight excluding hydrogens is 318 g/mol. The minimum absolute atomic E-state index is 0. The van der Waals surface area contributed by atoms with Crippen LogP contribution in [0.4, 0.5) is 0 Å². The fraction of sp³-hybridized carbons (Fsp3) is 0.500. The van der Waals surface area contributed by atoms with Gasteiger partial charge >= 0.3 is 37.7 Å². The molecule has 1 saturated carbocycles. The van der Waals surface area contributed by atoms with Crippen LogP contribution in [-0.4, -0.2) is 32.5 Å². The van der Waals surface area contributed by atoms with E-state index < -0.39 is 26.4 Å². The minimum Gasteiger partial charge on any atom is -0.870 e. The van der Waals surface area contributed by atoms with Crippen LogP contribution in [-0.2, 0) is 21.2 Å². The largest absolute Gasteiger partial charge is 1.00 e. The molecule has 0 radical (unpaired) electrons. The summed E-state index contributed by atoms with van der Waals surface area (Å²) >= 11 is -2.26. The molecule has 114 valence electrons. The molecule has 2 rings (SSSR count). The second-order valence-corrected chi connectivity index (χ2v) is 7.38. The van der Waals surface area contributed by atoms with Gasteiger partial charge in [-0.1, -0.05) is 18.6 Å². The average molecular weight is 333 g/mol. The first-order chi connectivity index (χ1) is 8.88. The van der Waals surface area contributed by atoms with Crippen molar-refractivity contribution in [1.29, 1.82) is 0 Å². The summed E-state index contributed by atoms with van der Waals surface area (Å²) in [6, 6.07) is 6.37. The topological polar surface area (TPSA) is 127 Å². The van der Waals surface area contributed by atoms with E-state index in [2.05, 4.69) is 0 Å². The first kappa shape index (κ1) is 24.6. The average Bonchev–Trinajstić information content (AvgIpc) is 2.38. The van der Waals surface area contributed by atoms with Crippen LogP contribution in [0.2, 0.25) is 0 Å². The van der Waals surface area contributed by atoms with Crippen molar-refractivity contribution in [3.8, 4) is 0 Å². The van der Waals surface area contributed by atoms with Gasteiger partial charge in [-0.05, 0) is 54.0 Å². The van der Waals surface area contributed by atoms with Crippen molar-refractivity contribution in [3.63, 3.8) is 0 Å². The molecule has 0 bridgehead atoms. The Bertz CT molecular complexity index is 576. The van der Waals surface area contributed by atoms with E-state index in [1.807, 2.05) is 0 Å². The zero-order chi connectivity index (χ0) is 14.0. The van der Waals surface area contributed by atoms with Crippen LogP contribution in [0.3, 0.4) is 0 Å². The molecule has 1 N–H and O–H groups in total. The molecule has 22 heavy (non-hydrogen) atoms. The van der Waals surface area contributed by atoms with E-state index in [-0.39, 0.29) is 54.0 Å². The van der Waals surface area contributed by atoms with Gasteiger partial charge in [0.15, 0.2) is 0 Å². The van der Waals surface area contributed by atoms with Crippen molar-refractivity contribution < 1.29 is 64.9 Å². The molecular formula is C12H15Li2O6S2-. The van der Waals surface area contributed by atoms with E-state index in [1.54, 1.807) is 12.1 Å². The Balaban J connectivity index is 0. The standard InChI is InChI=1S/C12H16O5S2.2Li.H2O/c13-18(14)11-6-4-9(5-7-11)10-2-1-3-12(8-10)19(15,16)17;;;/h4-7,10,12H,1-3,8H2,(H,13,14)(H,15,16,17);;;1H2/q;2*+1;/p-3. The van der Waals surface area contributed by atoms with Crippen molar-refractivity contribution in [1.82, 2.24) is 0 Å². The van der Waals surface area contributed by atoms with Gasteiger partial charge in [-0.15, -0.1) is 0 Å². The minimum atomic E-state index is -4.24. The molecule has 0 heterocycles. The van der Waals surface area contributed by atoms with Crippen molar-refractivity contribution in [2.75, 3.05) is 0 Å². The van der Waals surface area contributed by atoms with Crippen molar-refractivity contribution in [2.24, 2.45) is 0 Å². The summed E-state index contributed by atoms with van der Waals surface area (Å²) < 4.78 is 54.7. The van der Waals surface area contributed by atoms with E-state index in [4.69, 9.17) is 0 Å². The Labute approximate surface area is 157 Å². The molecule has 6 nitrogen and oxygen atoms in total. The first-order valence-electron chi connectivity index (χ1n) is 6.02. The van der Waals surface area contributed by atoms with Crippen LogP contribution in [0.25, 0.3) is 0 Å². The van der Waals surface area contributed by atoms with Crippen LogP contribution >= 0.6 is 0 Å². The van der Waals surface area contributed by atoms with E-state index >= 15 is 0 Å². The molecule has 10 heteroatoms. The second-order valence-electron chi connectivity index (χ2n) is 4.78. The molecule has 3 unspecified atom stereocenters. The molecule has 0 amide bonds. The fourth-order valence-corrected chi connectivity index (χ4v) is 3.84. The zero-order valence-corrected chi connectivity index (χ0v) is 14.2. The molecule has 1 aliphatic rings. The predicted octanol–water partition coefficient (Wildman–Crippen LogP) is -4.67. The van der Waals surface area contributed by atoms with Crippen LogP contribution < -0.4 is 37.7 Å². The monoisotopic (exact) mass is 333 g/mol. The number of hydrogen-bond donors (Lipinski definition) is 0. The van der Waals surface area contributed by atoms with Gasteiger partial charge in [-0.3, -0.25) is 4.21 Å². The Morgan fingerprint density at radius 3 is 2.09 bits per heavy atom. The van der Waals surface area contributed by atoms with Crippen molar-refractivity contribution in [3.05, 3.63) is 29.8 Å². The SMILES string of the molecule is O=S([O-])c1ccc(C2CCCC(S(=O)(=O)[O-])C2)cc1.[Li+].[Li+].[OH-]. The van der Waals surface area contributed by atoms with E-state index in [0.29, 0.717) is 19.3 Å². The van der Waals surface area contributed by atoms with Crippen LogP contribution in [0.15, 0.2) is 29.2 Å². The maximum absolute atomic E-state index is 11.1. The Morgan fingerprint density at radius 1 is 1.09 bits per heavy atom. The van der Waals surface area contributed by atoms with Crippen LogP contribution in [0.1, 0.15) is 37.2 Å². The number of hydrogen-bond acceptors (Lipinski definition) is 6. The molecule has 0 aliphatic heterocycles. The van der Waals surface area contributed by atoms with Crippen LogP contribution in [0.5, 0.6) is 0 Å². The third-order valence-corrected chi connectivity index (χ3v) is 5.48. The van der Waals surface area contributed by atoms with Gasteiger partial charge in [0.25, 0.3) is 0 Å². The molecule has 0 spiro atoms. The normalized spacial score (nSPS) is 22.5. The third-order valence-electron chi connectivity index (χ3n) is 3.58. The smallest absolute Gasteiger partial charge is 0.870 e. The molecule has 1 aromatic carbocycles. The third kappa shape index (κ3) is 6.48. The Hall–Kier alpha value is 0.395. The quantitative estimate of drug-likeness (QED) is 0.311. The van der Waals surface area contributed by atoms with E-state index in [0.717, 1.165) is 12.0 Å². The maximum Gasteiger partial charge on any atom is 1.00 e. The predicted molar refractivity (Wildman–Crippen MR) is 70.3 cm³/mol. The Kier molecular flexibility index (Phi) is 11.5. The second kappa shape index (κ2) is 10.3. The summed E-state index contributed by atoms with van der Waals surface area (Å²) in [7, 11) is -4.24. The summed E-state index contributed by atoms with van der Waals surface area (Å²) in [4.78, 5) is 0.201. The first-order valence-corrected chi connectivity index (χ1v) is 8.56. The molecule has 1 fully saturated rings. The Morgan fingerprint density at radius 2 is 1.64 bits per heavy atom. The fourth-order valence-electron chi connectivity index (χ4n) is 2.56. The zero-order valence-electron chi connectivity index (χ0n) is 12.6. The van der Waals surface area contributed by atoms with Crippen molar-refractivity contribution >= 4 is 21.2 Å². The molecule has 3 atom stereocenters. The maximum atomic E-state index is 11.1. The summed E-state index contributed by atoms with van der Waals surface area (Å²) in [5.74, 6) is 0.0108. The van der Waals surface area contributed by atoms with Gasteiger partial charge in [0.1, 0.15) is 0 Å². The van der Waals surface area contributed by atoms with Gasteiger partial charge in [0.05, 0.1) is 15.4 Å². The number of benzene rings is 1. The van der Waals surface area contributed by atoms with Crippen molar-refractivity contribution in [2.45, 2.75) is 41.7 Å². The summed E-state index contributed by atoms with van der Waals surface area (Å²) in [5, 5.41) is -0.820. The summed E-state index contributed by atoms with van der Waals surface area (Å²) in [5.41, 5.74) is 0.891. The van der Waals surface area contributed by atoms with Gasteiger partial charge in [0, 0.05) is 4.90 Å². The van der Waals surface area contributed by atoms with Gasteiger partial charge in [-0.2, -0.15) is 0 Å². The van der Waals surface area contributed by atoms with Gasteiger partial charge in [-0.25, -0.2) is 8.42 Å². The molecule has 0 aromatic heterocycles. The summed E-state index contributed by atoms with van der Waals surface area (Å²) in [6.45, 7) is 0. The summed E-state index contributed by atoms with van der Waals surface area (Å²) in [6.07, 6.45) is 2.27. The molecule has 1 aliphatic carbocycles. The van der Waals surface area contributed by atoms with Gasteiger partial charge in [0.2, 0.25) is 0 Å². The number of rotatable bonds is 3. The van der Waals surface area contributed by atoms with E-state index in [9.17, 15) is 21.7 Å². The van der Waals surface area contributed by atoms with E-state index in [1.165, 1.54) is 12.1 Å². The van der Waals surface area contributed by atoms with Crippen LogP contribution in [0, 0.1) is 0 Å². The molecule has 1 aromatic rings. The van der Waals surface area contributed by atoms with Gasteiger partial charge < -0.3 is 14.6 Å². The molecule has 0 saturated heterocycles.